The van der Waals surface area contributed by atoms with Gasteiger partial charge in [-0.2, -0.15) is 0 Å². The molecular weight excluding hydrogens is 216 g/mol. The van der Waals surface area contributed by atoms with Gasteiger partial charge in [-0.05, 0) is 44.5 Å². The average Bonchev–Trinajstić information content (AvgIpc) is 2.30. The van der Waals surface area contributed by atoms with Gasteiger partial charge in [-0.1, -0.05) is 6.07 Å². The summed E-state index contributed by atoms with van der Waals surface area (Å²) >= 11 is 0. The van der Waals surface area contributed by atoms with E-state index < -0.39 is 11.9 Å². The molecule has 1 N–H and O–H groups in total. The highest BCUT2D eigenvalue weighted by Gasteiger charge is 2.33. The molecule has 17 heavy (non-hydrogen) atoms. The van der Waals surface area contributed by atoms with Crippen molar-refractivity contribution < 1.29 is 9.90 Å². The van der Waals surface area contributed by atoms with E-state index in [4.69, 9.17) is 0 Å². The van der Waals surface area contributed by atoms with Crippen LogP contribution in [0, 0.1) is 5.92 Å². The Hall–Kier alpha value is -1.42. The van der Waals surface area contributed by atoms with Crippen LogP contribution in [0.3, 0.4) is 0 Å². The molecule has 1 aromatic rings. The minimum atomic E-state index is -0.760. The first-order valence-corrected chi connectivity index (χ1v) is 6.01. The second kappa shape index (κ2) is 5.27. The number of rotatable bonds is 3. The van der Waals surface area contributed by atoms with Gasteiger partial charge in [-0.25, -0.2) is 0 Å². The molecule has 2 atom stereocenters. The molecular formula is C13H18N2O2. The first kappa shape index (κ1) is 12.0. The van der Waals surface area contributed by atoms with E-state index in [0.717, 1.165) is 25.9 Å². The zero-order chi connectivity index (χ0) is 12.3. The maximum absolute atomic E-state index is 11.4. The molecule has 2 unspecified atom stereocenters. The summed E-state index contributed by atoms with van der Waals surface area (Å²) in [4.78, 5) is 17.8. The van der Waals surface area contributed by atoms with Crippen molar-refractivity contribution in [1.82, 2.24) is 9.88 Å². The highest BCUT2D eigenvalue weighted by Crippen LogP contribution is 2.30. The van der Waals surface area contributed by atoms with Gasteiger partial charge in [-0.3, -0.25) is 9.78 Å². The number of nitrogens with zero attached hydrogens (tertiary/aromatic N) is 2. The molecule has 0 aromatic carbocycles. The summed E-state index contributed by atoms with van der Waals surface area (Å²) in [5, 5.41) is 9.41. The van der Waals surface area contributed by atoms with Crippen LogP contribution in [-0.2, 0) is 4.79 Å². The predicted molar refractivity (Wildman–Crippen MR) is 64.8 cm³/mol. The molecule has 1 aliphatic heterocycles. The van der Waals surface area contributed by atoms with E-state index in [1.807, 2.05) is 25.2 Å². The second-order valence-electron chi connectivity index (χ2n) is 4.74. The van der Waals surface area contributed by atoms with Crippen LogP contribution in [0.1, 0.15) is 24.5 Å². The fourth-order valence-corrected chi connectivity index (χ4v) is 2.61. The summed E-state index contributed by atoms with van der Waals surface area (Å²) in [6, 6.07) is 5.48. The normalized spacial score (nSPS) is 23.2. The first-order chi connectivity index (χ1) is 8.18. The third-order valence-corrected chi connectivity index (χ3v) is 3.40. The van der Waals surface area contributed by atoms with Gasteiger partial charge < -0.3 is 10.0 Å². The molecule has 4 heteroatoms. The van der Waals surface area contributed by atoms with Crippen LogP contribution in [-0.4, -0.2) is 41.1 Å². The van der Waals surface area contributed by atoms with E-state index in [1.54, 1.807) is 6.20 Å². The Kier molecular flexibility index (Phi) is 3.74. The van der Waals surface area contributed by atoms with Crippen LogP contribution in [0.15, 0.2) is 24.4 Å². The van der Waals surface area contributed by atoms with Gasteiger partial charge in [0.25, 0.3) is 0 Å². The summed E-state index contributed by atoms with van der Waals surface area (Å²) in [5.74, 6) is -1.07. The van der Waals surface area contributed by atoms with Crippen molar-refractivity contribution >= 4 is 5.97 Å². The van der Waals surface area contributed by atoms with Gasteiger partial charge in [0.2, 0.25) is 0 Å². The summed E-state index contributed by atoms with van der Waals surface area (Å²) in [6.07, 6.45) is 3.70. The Bertz CT molecular complexity index is 380. The van der Waals surface area contributed by atoms with Crippen LogP contribution in [0.4, 0.5) is 0 Å². The number of hydrogen-bond acceptors (Lipinski definition) is 3. The molecule has 0 radical (unpaired) electrons. The smallest absolute Gasteiger partial charge is 0.312 e. The molecule has 2 rings (SSSR count). The highest BCUT2D eigenvalue weighted by molar-refractivity contribution is 5.75. The minimum absolute atomic E-state index is 0.168. The van der Waals surface area contributed by atoms with E-state index in [2.05, 4.69) is 9.88 Å². The lowest BCUT2D eigenvalue weighted by Crippen LogP contribution is -2.37. The van der Waals surface area contributed by atoms with E-state index in [0.29, 0.717) is 5.69 Å². The van der Waals surface area contributed by atoms with Gasteiger partial charge in [0.05, 0.1) is 5.69 Å². The molecule has 1 saturated heterocycles. The molecule has 4 nitrogen and oxygen atoms in total. The number of carboxylic acids is 1. The predicted octanol–water partition coefficient (Wildman–Crippen LogP) is 1.59. The van der Waals surface area contributed by atoms with Crippen LogP contribution in [0.2, 0.25) is 0 Å². The van der Waals surface area contributed by atoms with Gasteiger partial charge in [0.15, 0.2) is 0 Å². The fourth-order valence-electron chi connectivity index (χ4n) is 2.61. The molecule has 92 valence electrons. The molecule has 0 aliphatic carbocycles. The number of hydrogen-bond donors (Lipinski definition) is 1. The van der Waals surface area contributed by atoms with E-state index in [-0.39, 0.29) is 5.92 Å². The summed E-state index contributed by atoms with van der Waals surface area (Å²) in [6.45, 7) is 1.90. The van der Waals surface area contributed by atoms with Crippen molar-refractivity contribution in [2.45, 2.75) is 18.8 Å². The quantitative estimate of drug-likeness (QED) is 0.863. The van der Waals surface area contributed by atoms with Crippen LogP contribution >= 0.6 is 0 Å². The Balaban J connectivity index is 2.20. The fraction of sp³-hybridized carbons (Fsp3) is 0.538. The zero-order valence-electron chi connectivity index (χ0n) is 10.0. The lowest BCUT2D eigenvalue weighted by atomic mass is 9.83. The van der Waals surface area contributed by atoms with Crippen molar-refractivity contribution in [3.8, 4) is 0 Å². The molecule has 1 aromatic heterocycles. The van der Waals surface area contributed by atoms with E-state index >= 15 is 0 Å². The van der Waals surface area contributed by atoms with Gasteiger partial charge in [-0.15, -0.1) is 0 Å². The van der Waals surface area contributed by atoms with Gasteiger partial charge in [0.1, 0.15) is 5.92 Å². The number of aliphatic carboxylic acids is 1. The van der Waals surface area contributed by atoms with Crippen molar-refractivity contribution in [1.29, 1.82) is 0 Å². The number of piperidine rings is 1. The van der Waals surface area contributed by atoms with Crippen molar-refractivity contribution in [3.63, 3.8) is 0 Å². The largest absolute Gasteiger partial charge is 0.481 e. The zero-order valence-corrected chi connectivity index (χ0v) is 10.0. The summed E-state index contributed by atoms with van der Waals surface area (Å²) < 4.78 is 0. The van der Waals surface area contributed by atoms with Crippen LogP contribution in [0.25, 0.3) is 0 Å². The number of aromatic nitrogens is 1. The molecule has 0 spiro atoms. The van der Waals surface area contributed by atoms with Crippen molar-refractivity contribution in [2.75, 3.05) is 20.1 Å². The van der Waals surface area contributed by atoms with Crippen molar-refractivity contribution in [2.24, 2.45) is 5.92 Å². The van der Waals surface area contributed by atoms with Crippen molar-refractivity contribution in [3.05, 3.63) is 30.1 Å². The Morgan fingerprint density at radius 3 is 3.00 bits per heavy atom. The lowest BCUT2D eigenvalue weighted by Gasteiger charge is -2.32. The number of pyridine rings is 1. The van der Waals surface area contributed by atoms with E-state index in [9.17, 15) is 9.90 Å². The topological polar surface area (TPSA) is 53.4 Å². The number of carboxylic acid groups (broad SMARTS) is 1. The monoisotopic (exact) mass is 234 g/mol. The maximum atomic E-state index is 11.4. The Morgan fingerprint density at radius 2 is 2.41 bits per heavy atom. The summed E-state index contributed by atoms with van der Waals surface area (Å²) in [7, 11) is 2.05. The van der Waals surface area contributed by atoms with Crippen LogP contribution < -0.4 is 0 Å². The molecule has 2 heterocycles. The molecule has 1 fully saturated rings. The maximum Gasteiger partial charge on any atom is 0.312 e. The minimum Gasteiger partial charge on any atom is -0.481 e. The Morgan fingerprint density at radius 1 is 1.59 bits per heavy atom. The first-order valence-electron chi connectivity index (χ1n) is 6.01. The molecule has 0 amide bonds. The SMILES string of the molecule is CN1CCCC(C(C(=O)O)c2ccccn2)C1. The van der Waals surface area contributed by atoms with E-state index in [1.165, 1.54) is 0 Å². The number of carbonyl (C=O) groups is 1. The number of likely N-dealkylation sites (tertiary alicyclic amines) is 1. The van der Waals surface area contributed by atoms with Gasteiger partial charge in [0, 0.05) is 12.7 Å². The van der Waals surface area contributed by atoms with Gasteiger partial charge >= 0.3 is 5.97 Å². The molecule has 0 saturated carbocycles. The third-order valence-electron chi connectivity index (χ3n) is 3.40. The molecule has 1 aliphatic rings. The summed E-state index contributed by atoms with van der Waals surface area (Å²) in [5.41, 5.74) is 0.681. The third kappa shape index (κ3) is 2.82. The lowest BCUT2D eigenvalue weighted by molar-refractivity contribution is -0.140. The Labute approximate surface area is 101 Å². The second-order valence-corrected chi connectivity index (χ2v) is 4.74. The van der Waals surface area contributed by atoms with Crippen LogP contribution in [0.5, 0.6) is 0 Å². The highest BCUT2D eigenvalue weighted by atomic mass is 16.4. The standard InChI is InChI=1S/C13H18N2O2/c1-15-8-4-5-10(9-15)12(13(16)17)11-6-2-3-7-14-11/h2-3,6-7,10,12H,4-5,8-9H2,1H3,(H,16,17). The average molecular weight is 234 g/mol. The molecule has 0 bridgehead atoms.